The molecule has 3 rings (SSSR count). The monoisotopic (exact) mass is 244 g/mol. The molecule has 1 aromatic carbocycles. The Hall–Kier alpha value is -1.88. The minimum Gasteiger partial charge on any atom is -0.337 e. The van der Waals surface area contributed by atoms with Crippen LogP contribution in [-0.4, -0.2) is 40.1 Å². The number of H-pyrrole nitrogens is 1. The Labute approximate surface area is 105 Å². The van der Waals surface area contributed by atoms with Gasteiger partial charge in [0.15, 0.2) is 0 Å². The number of benzene rings is 1. The standard InChI is InChI=1S/C13H16N4O/c14-11-2-1-5-17(8-11)13(18)9-3-4-10-7-15-16-12(10)6-9/h3-4,6-7,11H,1-2,5,8,14H2,(H,15,16)/t11-/m1/s1. The number of hydrogen-bond acceptors (Lipinski definition) is 3. The van der Waals surface area contributed by atoms with Crippen molar-refractivity contribution in [2.24, 2.45) is 5.73 Å². The second-order valence-electron chi connectivity index (χ2n) is 4.83. The van der Waals surface area contributed by atoms with Gasteiger partial charge < -0.3 is 10.6 Å². The van der Waals surface area contributed by atoms with Crippen molar-refractivity contribution in [3.8, 4) is 0 Å². The van der Waals surface area contributed by atoms with Crippen molar-refractivity contribution < 1.29 is 4.79 Å². The first-order chi connectivity index (χ1) is 8.74. The third-order valence-electron chi connectivity index (χ3n) is 3.43. The molecule has 2 heterocycles. The molecule has 0 aliphatic carbocycles. The predicted octanol–water partition coefficient (Wildman–Crippen LogP) is 1.13. The van der Waals surface area contributed by atoms with Crippen LogP contribution in [0.3, 0.4) is 0 Å². The first-order valence-corrected chi connectivity index (χ1v) is 6.22. The molecule has 3 N–H and O–H groups in total. The number of fused-ring (bicyclic) bond motifs is 1. The third-order valence-corrected chi connectivity index (χ3v) is 3.43. The van der Waals surface area contributed by atoms with Crippen LogP contribution in [0, 0.1) is 0 Å². The average molecular weight is 244 g/mol. The van der Waals surface area contributed by atoms with Crippen molar-refractivity contribution in [3.05, 3.63) is 30.0 Å². The molecule has 5 nitrogen and oxygen atoms in total. The van der Waals surface area contributed by atoms with E-state index in [1.807, 2.05) is 23.1 Å². The van der Waals surface area contributed by atoms with Crippen LogP contribution in [0.1, 0.15) is 23.2 Å². The number of carbonyl (C=O) groups is 1. The Morgan fingerprint density at radius 1 is 1.50 bits per heavy atom. The minimum atomic E-state index is 0.0571. The zero-order valence-electron chi connectivity index (χ0n) is 10.1. The van der Waals surface area contributed by atoms with Crippen LogP contribution in [0.15, 0.2) is 24.4 Å². The molecular weight excluding hydrogens is 228 g/mol. The van der Waals surface area contributed by atoms with Gasteiger partial charge in [-0.15, -0.1) is 0 Å². The summed E-state index contributed by atoms with van der Waals surface area (Å²) in [5, 5.41) is 7.85. The zero-order chi connectivity index (χ0) is 12.5. The van der Waals surface area contributed by atoms with Gasteiger partial charge in [-0.3, -0.25) is 9.89 Å². The maximum absolute atomic E-state index is 12.3. The summed E-state index contributed by atoms with van der Waals surface area (Å²) < 4.78 is 0. The number of aromatic amines is 1. The van der Waals surface area contributed by atoms with Gasteiger partial charge in [0.2, 0.25) is 0 Å². The summed E-state index contributed by atoms with van der Waals surface area (Å²) in [6.07, 6.45) is 3.74. The second-order valence-corrected chi connectivity index (χ2v) is 4.83. The fourth-order valence-corrected chi connectivity index (χ4v) is 2.45. The smallest absolute Gasteiger partial charge is 0.253 e. The largest absolute Gasteiger partial charge is 0.337 e. The van der Waals surface area contributed by atoms with Gasteiger partial charge in [-0.2, -0.15) is 5.10 Å². The maximum atomic E-state index is 12.3. The van der Waals surface area contributed by atoms with E-state index in [0.29, 0.717) is 12.1 Å². The van der Waals surface area contributed by atoms with Crippen LogP contribution in [0.4, 0.5) is 0 Å². The predicted molar refractivity (Wildman–Crippen MR) is 69.2 cm³/mol. The number of nitrogens with two attached hydrogens (primary N) is 1. The zero-order valence-corrected chi connectivity index (χ0v) is 10.1. The lowest BCUT2D eigenvalue weighted by Crippen LogP contribution is -2.45. The van der Waals surface area contributed by atoms with E-state index in [0.717, 1.165) is 30.3 Å². The summed E-state index contributed by atoms with van der Waals surface area (Å²) in [6.45, 7) is 1.45. The number of nitrogens with one attached hydrogen (secondary N) is 1. The Kier molecular flexibility index (Phi) is 2.76. The summed E-state index contributed by atoms with van der Waals surface area (Å²) in [6, 6.07) is 5.72. The highest BCUT2D eigenvalue weighted by molar-refractivity contribution is 5.97. The van der Waals surface area contributed by atoms with Crippen LogP contribution >= 0.6 is 0 Å². The molecule has 0 bridgehead atoms. The van der Waals surface area contributed by atoms with Gasteiger partial charge in [0, 0.05) is 30.1 Å². The maximum Gasteiger partial charge on any atom is 0.253 e. The van der Waals surface area contributed by atoms with Gasteiger partial charge in [0.25, 0.3) is 5.91 Å². The number of rotatable bonds is 1. The Morgan fingerprint density at radius 2 is 2.39 bits per heavy atom. The molecule has 2 aromatic rings. The van der Waals surface area contributed by atoms with E-state index in [-0.39, 0.29) is 11.9 Å². The van der Waals surface area contributed by atoms with Crippen molar-refractivity contribution in [1.82, 2.24) is 15.1 Å². The molecule has 1 aliphatic rings. The van der Waals surface area contributed by atoms with Gasteiger partial charge in [-0.05, 0) is 25.0 Å². The van der Waals surface area contributed by atoms with Gasteiger partial charge in [0.05, 0.1) is 11.7 Å². The van der Waals surface area contributed by atoms with E-state index in [1.54, 1.807) is 6.20 Å². The number of carbonyl (C=O) groups excluding carboxylic acids is 1. The molecule has 0 spiro atoms. The van der Waals surface area contributed by atoms with Crippen molar-refractivity contribution in [2.45, 2.75) is 18.9 Å². The highest BCUT2D eigenvalue weighted by atomic mass is 16.2. The molecule has 1 amide bonds. The quantitative estimate of drug-likeness (QED) is 0.789. The van der Waals surface area contributed by atoms with Crippen molar-refractivity contribution in [3.63, 3.8) is 0 Å². The first-order valence-electron chi connectivity index (χ1n) is 6.22. The van der Waals surface area contributed by atoms with Gasteiger partial charge in [-0.25, -0.2) is 0 Å². The fraction of sp³-hybridized carbons (Fsp3) is 0.385. The normalized spacial score (nSPS) is 20.3. The Balaban J connectivity index is 1.86. The van der Waals surface area contributed by atoms with E-state index in [9.17, 15) is 4.79 Å². The number of piperidine rings is 1. The number of likely N-dealkylation sites (tertiary alicyclic amines) is 1. The van der Waals surface area contributed by atoms with Gasteiger partial charge >= 0.3 is 0 Å². The van der Waals surface area contributed by atoms with E-state index < -0.39 is 0 Å². The highest BCUT2D eigenvalue weighted by Gasteiger charge is 2.22. The Morgan fingerprint density at radius 3 is 3.22 bits per heavy atom. The SMILES string of the molecule is N[C@@H]1CCCN(C(=O)c2ccc3cn[nH]c3c2)C1. The van der Waals surface area contributed by atoms with Crippen LogP contribution in [0.5, 0.6) is 0 Å². The highest BCUT2D eigenvalue weighted by Crippen LogP contribution is 2.16. The Bertz CT molecular complexity index is 577. The molecule has 1 aromatic heterocycles. The molecular formula is C13H16N4O. The number of amides is 1. The van der Waals surface area contributed by atoms with Crippen molar-refractivity contribution in [1.29, 1.82) is 0 Å². The van der Waals surface area contributed by atoms with Crippen LogP contribution in [0.25, 0.3) is 10.9 Å². The average Bonchev–Trinajstić information content (AvgIpc) is 2.85. The van der Waals surface area contributed by atoms with Crippen molar-refractivity contribution in [2.75, 3.05) is 13.1 Å². The molecule has 0 unspecified atom stereocenters. The summed E-state index contributed by atoms with van der Waals surface area (Å²) in [7, 11) is 0. The third kappa shape index (κ3) is 1.97. The number of nitrogens with zero attached hydrogens (tertiary/aromatic N) is 2. The van der Waals surface area contributed by atoms with E-state index in [2.05, 4.69) is 10.2 Å². The molecule has 18 heavy (non-hydrogen) atoms. The topological polar surface area (TPSA) is 75.0 Å². The molecule has 1 fully saturated rings. The molecule has 94 valence electrons. The van der Waals surface area contributed by atoms with Crippen LogP contribution in [-0.2, 0) is 0 Å². The number of hydrogen-bond donors (Lipinski definition) is 2. The number of aromatic nitrogens is 2. The minimum absolute atomic E-state index is 0.0571. The van der Waals surface area contributed by atoms with Crippen LogP contribution < -0.4 is 5.73 Å². The molecule has 5 heteroatoms. The van der Waals surface area contributed by atoms with Gasteiger partial charge in [-0.1, -0.05) is 6.07 Å². The lowest BCUT2D eigenvalue weighted by Gasteiger charge is -2.30. The van der Waals surface area contributed by atoms with Crippen LogP contribution in [0.2, 0.25) is 0 Å². The lowest BCUT2D eigenvalue weighted by molar-refractivity contribution is 0.0709. The molecule has 1 aliphatic heterocycles. The fourth-order valence-electron chi connectivity index (χ4n) is 2.45. The van der Waals surface area contributed by atoms with E-state index >= 15 is 0 Å². The van der Waals surface area contributed by atoms with E-state index in [1.165, 1.54) is 0 Å². The molecule has 0 saturated carbocycles. The first kappa shape index (κ1) is 11.2. The summed E-state index contributed by atoms with van der Waals surface area (Å²) in [5.41, 5.74) is 7.49. The second kappa shape index (κ2) is 4.42. The summed E-state index contributed by atoms with van der Waals surface area (Å²) >= 11 is 0. The molecule has 0 radical (unpaired) electrons. The van der Waals surface area contributed by atoms with E-state index in [4.69, 9.17) is 5.73 Å². The summed E-state index contributed by atoms with van der Waals surface area (Å²) in [4.78, 5) is 14.2. The molecule has 1 saturated heterocycles. The van der Waals surface area contributed by atoms with Gasteiger partial charge in [0.1, 0.15) is 0 Å². The molecule has 1 atom stereocenters. The summed E-state index contributed by atoms with van der Waals surface area (Å²) in [5.74, 6) is 0.0571. The lowest BCUT2D eigenvalue weighted by atomic mass is 10.0. The van der Waals surface area contributed by atoms with Crippen molar-refractivity contribution >= 4 is 16.8 Å².